The first-order valence-corrected chi connectivity index (χ1v) is 5.88. The van der Waals surface area contributed by atoms with Gasteiger partial charge in [0.25, 0.3) is 0 Å². The number of nitrogens with zero attached hydrogens (tertiary/aromatic N) is 1. The molecule has 1 atom stereocenters. The Morgan fingerprint density at radius 2 is 2.10 bits per heavy atom. The number of carboxylic acid groups (broad SMARTS) is 1. The first kappa shape index (κ1) is 13.9. The average Bonchev–Trinajstić information content (AvgIpc) is 2.42. The SMILES string of the molecule is CC(Nc1cc(C(=O)O)c(F)cc1F)c1cccnc1. The molecule has 4 nitrogen and oxygen atoms in total. The molecule has 0 bridgehead atoms. The van der Waals surface area contributed by atoms with Crippen LogP contribution >= 0.6 is 0 Å². The van der Waals surface area contributed by atoms with Gasteiger partial charge in [0.2, 0.25) is 0 Å². The summed E-state index contributed by atoms with van der Waals surface area (Å²) in [5.74, 6) is -3.39. The molecule has 2 N–H and O–H groups in total. The summed E-state index contributed by atoms with van der Waals surface area (Å²) in [6.07, 6.45) is 3.22. The highest BCUT2D eigenvalue weighted by Crippen LogP contribution is 2.24. The van der Waals surface area contributed by atoms with Crippen LogP contribution in [0.1, 0.15) is 28.9 Å². The Morgan fingerprint density at radius 1 is 1.35 bits per heavy atom. The van der Waals surface area contributed by atoms with Crippen LogP contribution < -0.4 is 5.32 Å². The Labute approximate surface area is 114 Å². The van der Waals surface area contributed by atoms with Gasteiger partial charge in [-0.1, -0.05) is 6.07 Å². The number of hydrogen-bond acceptors (Lipinski definition) is 3. The van der Waals surface area contributed by atoms with Gasteiger partial charge in [-0.3, -0.25) is 4.98 Å². The van der Waals surface area contributed by atoms with Crippen molar-refractivity contribution >= 4 is 11.7 Å². The van der Waals surface area contributed by atoms with Crippen LogP contribution in [0.2, 0.25) is 0 Å². The maximum Gasteiger partial charge on any atom is 0.338 e. The Morgan fingerprint density at radius 3 is 2.70 bits per heavy atom. The summed E-state index contributed by atoms with van der Waals surface area (Å²) in [5.41, 5.74) is 0.153. The molecule has 0 radical (unpaired) electrons. The van der Waals surface area contributed by atoms with E-state index >= 15 is 0 Å². The summed E-state index contributed by atoms with van der Waals surface area (Å²) in [6.45, 7) is 1.76. The maximum absolute atomic E-state index is 13.7. The number of carbonyl (C=O) groups is 1. The van der Waals surface area contributed by atoms with E-state index in [4.69, 9.17) is 5.11 Å². The molecule has 1 heterocycles. The lowest BCUT2D eigenvalue weighted by atomic mass is 10.1. The number of aromatic carboxylic acids is 1. The van der Waals surface area contributed by atoms with Gasteiger partial charge in [-0.15, -0.1) is 0 Å². The number of hydrogen-bond donors (Lipinski definition) is 2. The van der Waals surface area contributed by atoms with Gasteiger partial charge in [-0.2, -0.15) is 0 Å². The van der Waals surface area contributed by atoms with Gasteiger partial charge in [0.15, 0.2) is 0 Å². The Bertz CT molecular complexity index is 633. The van der Waals surface area contributed by atoms with Gasteiger partial charge in [0, 0.05) is 18.5 Å². The minimum atomic E-state index is -1.44. The molecule has 20 heavy (non-hydrogen) atoms. The molecule has 104 valence electrons. The van der Waals surface area contributed by atoms with Crippen molar-refractivity contribution in [2.45, 2.75) is 13.0 Å². The molecule has 0 saturated carbocycles. The Kier molecular flexibility index (Phi) is 3.93. The molecule has 6 heteroatoms. The number of benzene rings is 1. The molecule has 2 aromatic rings. The number of nitrogens with one attached hydrogen (secondary N) is 1. The molecule has 1 aromatic heterocycles. The molecule has 1 unspecified atom stereocenters. The topological polar surface area (TPSA) is 62.2 Å². The van der Waals surface area contributed by atoms with Crippen LogP contribution in [-0.2, 0) is 0 Å². The summed E-state index contributed by atoms with van der Waals surface area (Å²) in [5, 5.41) is 11.6. The lowest BCUT2D eigenvalue weighted by Gasteiger charge is -2.16. The first-order valence-electron chi connectivity index (χ1n) is 5.88. The minimum Gasteiger partial charge on any atom is -0.478 e. The molecule has 0 aliphatic carbocycles. The Hall–Kier alpha value is -2.50. The van der Waals surface area contributed by atoms with E-state index in [2.05, 4.69) is 10.3 Å². The van der Waals surface area contributed by atoms with E-state index in [1.165, 1.54) is 0 Å². The quantitative estimate of drug-likeness (QED) is 0.901. The molecule has 0 fully saturated rings. The van der Waals surface area contributed by atoms with Gasteiger partial charge in [-0.25, -0.2) is 13.6 Å². The zero-order valence-electron chi connectivity index (χ0n) is 10.6. The fourth-order valence-electron chi connectivity index (χ4n) is 1.77. The summed E-state index contributed by atoms with van der Waals surface area (Å²) < 4.78 is 26.9. The van der Waals surface area contributed by atoms with Crippen LogP contribution in [0, 0.1) is 11.6 Å². The predicted octanol–water partition coefficient (Wildman–Crippen LogP) is 3.23. The van der Waals surface area contributed by atoms with Crippen molar-refractivity contribution in [3.8, 4) is 0 Å². The van der Waals surface area contributed by atoms with E-state index in [0.29, 0.717) is 6.07 Å². The van der Waals surface area contributed by atoms with Crippen molar-refractivity contribution in [3.63, 3.8) is 0 Å². The van der Waals surface area contributed by atoms with Crippen molar-refractivity contribution < 1.29 is 18.7 Å². The third-order valence-corrected chi connectivity index (χ3v) is 2.84. The number of anilines is 1. The smallest absolute Gasteiger partial charge is 0.338 e. The third-order valence-electron chi connectivity index (χ3n) is 2.84. The first-order chi connectivity index (χ1) is 9.49. The Balaban J connectivity index is 2.29. The second-order valence-corrected chi connectivity index (χ2v) is 4.27. The van der Waals surface area contributed by atoms with Crippen LogP contribution in [0.3, 0.4) is 0 Å². The second-order valence-electron chi connectivity index (χ2n) is 4.27. The van der Waals surface area contributed by atoms with Gasteiger partial charge in [0.1, 0.15) is 11.6 Å². The highest BCUT2D eigenvalue weighted by molar-refractivity contribution is 5.89. The van der Waals surface area contributed by atoms with Gasteiger partial charge in [-0.05, 0) is 24.6 Å². The highest BCUT2D eigenvalue weighted by Gasteiger charge is 2.16. The molecule has 0 aliphatic heterocycles. The summed E-state index contributed by atoms with van der Waals surface area (Å²) in [4.78, 5) is 14.8. The lowest BCUT2D eigenvalue weighted by molar-refractivity contribution is 0.0692. The van der Waals surface area contributed by atoms with E-state index in [-0.39, 0.29) is 11.7 Å². The highest BCUT2D eigenvalue weighted by atomic mass is 19.1. The van der Waals surface area contributed by atoms with E-state index in [9.17, 15) is 13.6 Å². The fourth-order valence-corrected chi connectivity index (χ4v) is 1.77. The second kappa shape index (κ2) is 5.64. The van der Waals surface area contributed by atoms with E-state index in [1.807, 2.05) is 0 Å². The molecular formula is C14H12F2N2O2. The molecule has 1 aromatic carbocycles. The van der Waals surface area contributed by atoms with E-state index < -0.39 is 23.2 Å². The monoisotopic (exact) mass is 278 g/mol. The average molecular weight is 278 g/mol. The van der Waals surface area contributed by atoms with Crippen molar-refractivity contribution in [2.24, 2.45) is 0 Å². The largest absolute Gasteiger partial charge is 0.478 e. The third kappa shape index (κ3) is 2.90. The van der Waals surface area contributed by atoms with Crippen molar-refractivity contribution in [1.29, 1.82) is 0 Å². The van der Waals surface area contributed by atoms with Crippen LogP contribution in [-0.4, -0.2) is 16.1 Å². The van der Waals surface area contributed by atoms with E-state index in [0.717, 1.165) is 11.6 Å². The molecule has 0 spiro atoms. The standard InChI is InChI=1S/C14H12F2N2O2/c1-8(9-3-2-4-17-7-9)18-13-5-10(14(19)20)11(15)6-12(13)16/h2-8,18H,1H3,(H,19,20). The van der Waals surface area contributed by atoms with Crippen molar-refractivity contribution in [1.82, 2.24) is 4.98 Å². The molecule has 0 saturated heterocycles. The lowest BCUT2D eigenvalue weighted by Crippen LogP contribution is -2.10. The van der Waals surface area contributed by atoms with Gasteiger partial charge >= 0.3 is 5.97 Å². The molecule has 0 aliphatic rings. The molecule has 0 amide bonds. The van der Waals surface area contributed by atoms with Crippen molar-refractivity contribution in [3.05, 3.63) is 59.4 Å². The van der Waals surface area contributed by atoms with Crippen LogP contribution in [0.4, 0.5) is 14.5 Å². The van der Waals surface area contributed by atoms with Gasteiger partial charge in [0.05, 0.1) is 17.3 Å². The number of aromatic nitrogens is 1. The minimum absolute atomic E-state index is 0.0693. The molecule has 2 rings (SSSR count). The summed E-state index contributed by atoms with van der Waals surface area (Å²) in [6, 6.07) is 4.73. The van der Waals surface area contributed by atoms with Crippen molar-refractivity contribution in [2.75, 3.05) is 5.32 Å². The van der Waals surface area contributed by atoms with Crippen LogP contribution in [0.25, 0.3) is 0 Å². The zero-order valence-corrected chi connectivity index (χ0v) is 10.6. The number of pyridine rings is 1. The van der Waals surface area contributed by atoms with Crippen LogP contribution in [0.5, 0.6) is 0 Å². The zero-order chi connectivity index (χ0) is 14.7. The van der Waals surface area contributed by atoms with E-state index in [1.54, 1.807) is 31.5 Å². The fraction of sp³-hybridized carbons (Fsp3) is 0.143. The number of rotatable bonds is 4. The number of halogens is 2. The summed E-state index contributed by atoms with van der Waals surface area (Å²) >= 11 is 0. The number of carboxylic acids is 1. The normalized spacial score (nSPS) is 11.9. The summed E-state index contributed by atoms with van der Waals surface area (Å²) in [7, 11) is 0. The molecular weight excluding hydrogens is 266 g/mol. The maximum atomic E-state index is 13.7. The van der Waals surface area contributed by atoms with Crippen LogP contribution in [0.15, 0.2) is 36.7 Å². The predicted molar refractivity (Wildman–Crippen MR) is 69.6 cm³/mol. The van der Waals surface area contributed by atoms with Gasteiger partial charge < -0.3 is 10.4 Å².